The molecule has 0 aliphatic carbocycles. The van der Waals surface area contributed by atoms with Crippen molar-refractivity contribution in [3.05, 3.63) is 46.5 Å². The Labute approximate surface area is 146 Å². The molecule has 0 bridgehead atoms. The Bertz CT molecular complexity index is 817. The minimum atomic E-state index is -4.76. The first-order valence-electron chi connectivity index (χ1n) is 8.20. The van der Waals surface area contributed by atoms with Crippen LogP contribution in [-0.2, 0) is 17.5 Å². The van der Waals surface area contributed by atoms with E-state index in [1.54, 1.807) is 0 Å². The van der Waals surface area contributed by atoms with Gasteiger partial charge in [0.2, 0.25) is 12.3 Å². The van der Waals surface area contributed by atoms with E-state index in [4.69, 9.17) is 4.52 Å². The van der Waals surface area contributed by atoms with Gasteiger partial charge in [0.1, 0.15) is 12.1 Å². The van der Waals surface area contributed by atoms with Gasteiger partial charge in [-0.3, -0.25) is 9.59 Å². The maximum Gasteiger partial charge on any atom is 0.421 e. The van der Waals surface area contributed by atoms with Crippen LogP contribution in [0, 0.1) is 0 Å². The average Bonchev–Trinajstić information content (AvgIpc) is 3.00. The topological polar surface area (TPSA) is 81.2 Å². The molecule has 0 saturated carbocycles. The Kier molecular flexibility index (Phi) is 5.10. The number of hydrogen-bond donors (Lipinski definition) is 0. The molecule has 0 radical (unpaired) electrons. The molecule has 1 amide bonds. The zero-order valence-electron chi connectivity index (χ0n) is 13.8. The lowest BCUT2D eigenvalue weighted by atomic mass is 10.1. The highest BCUT2D eigenvalue weighted by Gasteiger charge is 2.35. The fraction of sp³-hybridized carbons (Fsp3) is 0.500. The maximum absolute atomic E-state index is 12.9. The third-order valence-electron chi connectivity index (χ3n) is 4.38. The average molecular weight is 370 g/mol. The molecular formula is C16H17F3N4O3. The van der Waals surface area contributed by atoms with E-state index in [1.807, 2.05) is 0 Å². The van der Waals surface area contributed by atoms with Gasteiger partial charge in [-0.05, 0) is 25.0 Å². The van der Waals surface area contributed by atoms with Crippen molar-refractivity contribution in [2.45, 2.75) is 44.4 Å². The summed E-state index contributed by atoms with van der Waals surface area (Å²) < 4.78 is 44.2. The first-order valence-corrected chi connectivity index (χ1v) is 8.20. The summed E-state index contributed by atoms with van der Waals surface area (Å²) in [4.78, 5) is 30.3. The number of carbonyl (C=O) groups excluding carboxylic acids is 1. The fourth-order valence-electron chi connectivity index (χ4n) is 3.11. The van der Waals surface area contributed by atoms with Gasteiger partial charge in [0.25, 0.3) is 5.56 Å². The monoisotopic (exact) mass is 370 g/mol. The molecular weight excluding hydrogens is 353 g/mol. The molecule has 0 N–H and O–H groups in total. The molecule has 7 nitrogen and oxygen atoms in total. The van der Waals surface area contributed by atoms with Crippen LogP contribution in [0.25, 0.3) is 0 Å². The van der Waals surface area contributed by atoms with Crippen molar-refractivity contribution in [2.75, 3.05) is 6.54 Å². The summed E-state index contributed by atoms with van der Waals surface area (Å²) in [6.07, 6.45) is 0.754. The minimum Gasteiger partial charge on any atom is -0.343 e. The highest BCUT2D eigenvalue weighted by Crippen LogP contribution is 2.29. The molecule has 0 spiro atoms. The molecule has 1 saturated heterocycles. The number of alkyl halides is 3. The van der Waals surface area contributed by atoms with Gasteiger partial charge in [0.05, 0.1) is 6.04 Å². The van der Waals surface area contributed by atoms with Crippen molar-refractivity contribution in [2.24, 2.45) is 0 Å². The Morgan fingerprint density at radius 3 is 2.81 bits per heavy atom. The Balaban J connectivity index is 1.85. The molecule has 140 valence electrons. The van der Waals surface area contributed by atoms with E-state index in [-0.39, 0.29) is 0 Å². The third kappa shape index (κ3) is 3.78. The molecule has 1 fully saturated rings. The Hall–Kier alpha value is -2.65. The molecule has 10 heteroatoms. The van der Waals surface area contributed by atoms with E-state index < -0.39 is 35.8 Å². The number of halogens is 3. The van der Waals surface area contributed by atoms with Crippen LogP contribution in [0.15, 0.2) is 34.0 Å². The van der Waals surface area contributed by atoms with Crippen LogP contribution in [0.3, 0.4) is 0 Å². The first kappa shape index (κ1) is 18.2. The standard InChI is InChI=1S/C16H17F3N4O3/c17-16(18,19)11-5-4-7-22(15(11)25)9-13(24)23-8-3-1-2-6-12(23)14-20-10-26-21-14/h4-5,7,10,12H,1-3,6,8-9H2. The molecule has 1 atom stereocenters. The summed E-state index contributed by atoms with van der Waals surface area (Å²) in [5.41, 5.74) is -2.53. The van der Waals surface area contributed by atoms with Crippen molar-refractivity contribution in [1.82, 2.24) is 19.6 Å². The van der Waals surface area contributed by atoms with Crippen molar-refractivity contribution in [3.8, 4) is 0 Å². The highest BCUT2D eigenvalue weighted by molar-refractivity contribution is 5.76. The van der Waals surface area contributed by atoms with Gasteiger partial charge >= 0.3 is 6.18 Å². The number of aromatic nitrogens is 3. The number of rotatable bonds is 3. The van der Waals surface area contributed by atoms with Gasteiger partial charge in [0, 0.05) is 12.7 Å². The van der Waals surface area contributed by atoms with E-state index in [9.17, 15) is 22.8 Å². The second-order valence-corrected chi connectivity index (χ2v) is 6.09. The summed E-state index contributed by atoms with van der Waals surface area (Å²) in [7, 11) is 0. The van der Waals surface area contributed by atoms with E-state index in [0.717, 1.165) is 29.9 Å². The highest BCUT2D eigenvalue weighted by atomic mass is 19.4. The molecule has 1 aliphatic rings. The summed E-state index contributed by atoms with van der Waals surface area (Å²) in [6, 6.07) is 1.40. The summed E-state index contributed by atoms with van der Waals surface area (Å²) >= 11 is 0. The first-order chi connectivity index (χ1) is 12.4. The van der Waals surface area contributed by atoms with Gasteiger partial charge in [-0.2, -0.15) is 18.2 Å². The molecule has 2 aromatic heterocycles. The molecule has 1 unspecified atom stereocenters. The molecule has 3 rings (SSSR count). The van der Waals surface area contributed by atoms with E-state index in [2.05, 4.69) is 10.1 Å². The fourth-order valence-corrected chi connectivity index (χ4v) is 3.11. The zero-order valence-corrected chi connectivity index (χ0v) is 13.8. The Morgan fingerprint density at radius 2 is 2.12 bits per heavy atom. The lowest BCUT2D eigenvalue weighted by Crippen LogP contribution is -2.40. The Morgan fingerprint density at radius 1 is 1.31 bits per heavy atom. The van der Waals surface area contributed by atoms with Gasteiger partial charge in [0.15, 0.2) is 5.82 Å². The van der Waals surface area contributed by atoms with Crippen molar-refractivity contribution >= 4 is 5.91 Å². The number of carbonyl (C=O) groups is 1. The predicted molar refractivity (Wildman–Crippen MR) is 82.9 cm³/mol. The van der Waals surface area contributed by atoms with Crippen LogP contribution in [0.1, 0.15) is 43.1 Å². The molecule has 0 aromatic carbocycles. The second-order valence-electron chi connectivity index (χ2n) is 6.09. The summed E-state index contributed by atoms with van der Waals surface area (Å²) in [5, 5.41) is 3.79. The van der Waals surface area contributed by atoms with Crippen LogP contribution in [0.5, 0.6) is 0 Å². The van der Waals surface area contributed by atoms with Gasteiger partial charge in [-0.1, -0.05) is 18.0 Å². The summed E-state index contributed by atoms with van der Waals surface area (Å²) in [6.45, 7) is -0.0527. The third-order valence-corrected chi connectivity index (χ3v) is 4.38. The number of pyridine rings is 1. The number of likely N-dealkylation sites (tertiary alicyclic amines) is 1. The SMILES string of the molecule is O=C(Cn1cccc(C(F)(F)F)c1=O)N1CCCCCC1c1ncon1. The number of nitrogens with zero attached hydrogens (tertiary/aromatic N) is 4. The molecule has 2 aromatic rings. The van der Waals surface area contributed by atoms with Gasteiger partial charge in [-0.25, -0.2) is 0 Å². The zero-order chi connectivity index (χ0) is 18.7. The van der Waals surface area contributed by atoms with E-state index in [1.165, 1.54) is 17.5 Å². The molecule has 1 aliphatic heterocycles. The van der Waals surface area contributed by atoms with Crippen LogP contribution < -0.4 is 5.56 Å². The van der Waals surface area contributed by atoms with Crippen molar-refractivity contribution in [1.29, 1.82) is 0 Å². The molecule has 3 heterocycles. The second kappa shape index (κ2) is 7.30. The van der Waals surface area contributed by atoms with Crippen LogP contribution in [0.4, 0.5) is 13.2 Å². The van der Waals surface area contributed by atoms with Crippen molar-refractivity contribution in [3.63, 3.8) is 0 Å². The van der Waals surface area contributed by atoms with Crippen molar-refractivity contribution < 1.29 is 22.5 Å². The smallest absolute Gasteiger partial charge is 0.343 e. The summed E-state index contributed by atoms with van der Waals surface area (Å²) in [5.74, 6) is -0.0974. The largest absolute Gasteiger partial charge is 0.421 e. The van der Waals surface area contributed by atoms with E-state index in [0.29, 0.717) is 24.9 Å². The predicted octanol–water partition coefficient (Wildman–Crippen LogP) is 2.39. The minimum absolute atomic E-state index is 0.358. The van der Waals surface area contributed by atoms with Gasteiger partial charge < -0.3 is 14.0 Å². The van der Waals surface area contributed by atoms with Crippen LogP contribution >= 0.6 is 0 Å². The number of amides is 1. The lowest BCUT2D eigenvalue weighted by Gasteiger charge is -2.28. The van der Waals surface area contributed by atoms with Gasteiger partial charge in [-0.15, -0.1) is 0 Å². The van der Waals surface area contributed by atoms with E-state index >= 15 is 0 Å². The normalized spacial score (nSPS) is 18.6. The van der Waals surface area contributed by atoms with Crippen LogP contribution in [0.2, 0.25) is 0 Å². The van der Waals surface area contributed by atoms with Crippen LogP contribution in [-0.4, -0.2) is 32.1 Å². The number of hydrogen-bond acceptors (Lipinski definition) is 5. The lowest BCUT2D eigenvalue weighted by molar-refractivity contribution is -0.140. The maximum atomic E-state index is 12.9. The molecule has 26 heavy (non-hydrogen) atoms. The quantitative estimate of drug-likeness (QED) is 0.829.